The molecule has 1 aromatic heterocycles. The first kappa shape index (κ1) is 26.3. The van der Waals surface area contributed by atoms with Crippen molar-refractivity contribution in [1.29, 1.82) is 0 Å². The number of carbonyl (C=O) groups excluding carboxylic acids is 3. The number of hydrogen-bond donors (Lipinski definition) is 7. The van der Waals surface area contributed by atoms with Crippen molar-refractivity contribution in [2.45, 2.75) is 44.8 Å². The number of carboxylic acids is 2. The Morgan fingerprint density at radius 3 is 2.26 bits per heavy atom. The Kier molecular flexibility index (Phi) is 9.13. The normalized spacial score (nSPS) is 13.6. The molecule has 0 bridgehead atoms. The van der Waals surface area contributed by atoms with Crippen LogP contribution in [0.1, 0.15) is 25.8 Å². The van der Waals surface area contributed by atoms with Crippen molar-refractivity contribution < 1.29 is 34.2 Å². The highest BCUT2D eigenvalue weighted by Gasteiger charge is 2.31. The van der Waals surface area contributed by atoms with Crippen molar-refractivity contribution in [3.63, 3.8) is 0 Å². The topological polar surface area (TPSA) is 204 Å². The molecule has 0 fully saturated rings. The van der Waals surface area contributed by atoms with Crippen molar-refractivity contribution in [1.82, 2.24) is 20.9 Å². The third-order valence-corrected chi connectivity index (χ3v) is 5.12. The van der Waals surface area contributed by atoms with Gasteiger partial charge in [-0.05, 0) is 24.0 Å². The summed E-state index contributed by atoms with van der Waals surface area (Å²) in [5.74, 6) is -5.48. The summed E-state index contributed by atoms with van der Waals surface area (Å²) in [5, 5.41) is 25.5. The molecular weight excluding hydrogens is 446 g/mol. The third-order valence-electron chi connectivity index (χ3n) is 5.12. The van der Waals surface area contributed by atoms with Crippen molar-refractivity contribution in [2.75, 3.05) is 6.54 Å². The standard InChI is InChI=1S/C22H29N5O7/c1-11(2)19(22(34)26-16(8-17(28)29)21(33)25-10-18(30)31)27-20(32)14(23)7-12-9-24-15-6-4-3-5-13(12)15/h3-6,9,11,14,16,19,24H,7-8,10,23H2,1-2H3,(H,25,33)(H,26,34)(H,27,32)(H,28,29)(H,30,31). The lowest BCUT2D eigenvalue weighted by molar-refractivity contribution is -0.141. The maximum Gasteiger partial charge on any atom is 0.322 e. The number of H-pyrrole nitrogens is 1. The van der Waals surface area contributed by atoms with Crippen LogP contribution in [0.5, 0.6) is 0 Å². The fourth-order valence-electron chi connectivity index (χ4n) is 3.36. The van der Waals surface area contributed by atoms with Gasteiger partial charge in [0.25, 0.3) is 0 Å². The Balaban J connectivity index is 2.06. The van der Waals surface area contributed by atoms with Gasteiger partial charge < -0.3 is 36.9 Å². The first-order valence-electron chi connectivity index (χ1n) is 10.6. The first-order chi connectivity index (χ1) is 16.0. The van der Waals surface area contributed by atoms with Gasteiger partial charge in [-0.25, -0.2) is 0 Å². The van der Waals surface area contributed by atoms with Crippen molar-refractivity contribution in [3.05, 3.63) is 36.0 Å². The molecule has 2 rings (SSSR count). The van der Waals surface area contributed by atoms with Crippen LogP contribution in [0, 0.1) is 5.92 Å². The summed E-state index contributed by atoms with van der Waals surface area (Å²) in [6.45, 7) is 2.58. The number of nitrogens with one attached hydrogen (secondary N) is 4. The summed E-state index contributed by atoms with van der Waals surface area (Å²) < 4.78 is 0. The van der Waals surface area contributed by atoms with E-state index in [0.29, 0.717) is 0 Å². The van der Waals surface area contributed by atoms with Crippen LogP contribution in [0.3, 0.4) is 0 Å². The van der Waals surface area contributed by atoms with E-state index in [1.165, 1.54) is 0 Å². The molecule has 0 saturated carbocycles. The van der Waals surface area contributed by atoms with Crippen LogP contribution in [-0.2, 0) is 30.4 Å². The minimum absolute atomic E-state index is 0.210. The van der Waals surface area contributed by atoms with Gasteiger partial charge in [0.15, 0.2) is 0 Å². The number of rotatable bonds is 12. The molecule has 2 aromatic rings. The zero-order valence-electron chi connectivity index (χ0n) is 18.8. The molecule has 1 heterocycles. The molecule has 3 atom stereocenters. The fraction of sp³-hybridized carbons (Fsp3) is 0.409. The fourth-order valence-corrected chi connectivity index (χ4v) is 3.36. The second-order valence-corrected chi connectivity index (χ2v) is 8.17. The number of carboxylic acid groups (broad SMARTS) is 2. The van der Waals surface area contributed by atoms with Gasteiger partial charge in [-0.1, -0.05) is 32.0 Å². The molecule has 0 aliphatic heterocycles. The van der Waals surface area contributed by atoms with Gasteiger partial charge in [0, 0.05) is 17.1 Å². The van der Waals surface area contributed by atoms with E-state index >= 15 is 0 Å². The van der Waals surface area contributed by atoms with Crippen LogP contribution in [0.25, 0.3) is 10.9 Å². The Bertz CT molecular complexity index is 1060. The van der Waals surface area contributed by atoms with Crippen LogP contribution >= 0.6 is 0 Å². The zero-order chi connectivity index (χ0) is 25.4. The Hall–Kier alpha value is -3.93. The molecule has 8 N–H and O–H groups in total. The summed E-state index contributed by atoms with van der Waals surface area (Å²) >= 11 is 0. The van der Waals surface area contributed by atoms with E-state index in [2.05, 4.69) is 15.6 Å². The third kappa shape index (κ3) is 7.30. The van der Waals surface area contributed by atoms with E-state index in [-0.39, 0.29) is 6.42 Å². The minimum atomic E-state index is -1.53. The molecule has 12 heteroatoms. The average Bonchev–Trinajstić information content (AvgIpc) is 3.17. The molecular formula is C22H29N5O7. The van der Waals surface area contributed by atoms with Gasteiger partial charge in [-0.15, -0.1) is 0 Å². The number of aliphatic carboxylic acids is 2. The number of carbonyl (C=O) groups is 5. The zero-order valence-corrected chi connectivity index (χ0v) is 18.8. The quantitative estimate of drug-likeness (QED) is 0.209. The second-order valence-electron chi connectivity index (χ2n) is 8.17. The lowest BCUT2D eigenvalue weighted by Gasteiger charge is -2.25. The predicted octanol–water partition coefficient (Wildman–Crippen LogP) is -0.661. The van der Waals surface area contributed by atoms with Crippen molar-refractivity contribution >= 4 is 40.6 Å². The number of aromatic nitrogens is 1. The molecule has 184 valence electrons. The van der Waals surface area contributed by atoms with Crippen LogP contribution in [-0.4, -0.2) is 69.5 Å². The van der Waals surface area contributed by atoms with Gasteiger partial charge in [-0.3, -0.25) is 24.0 Å². The highest BCUT2D eigenvalue weighted by molar-refractivity contribution is 5.95. The van der Waals surface area contributed by atoms with Gasteiger partial charge in [0.1, 0.15) is 18.6 Å². The molecule has 0 aliphatic carbocycles. The largest absolute Gasteiger partial charge is 0.481 e. The lowest BCUT2D eigenvalue weighted by Crippen LogP contribution is -2.58. The number of hydrogen-bond acceptors (Lipinski definition) is 6. The molecule has 0 radical (unpaired) electrons. The van der Waals surface area contributed by atoms with Gasteiger partial charge in [0.2, 0.25) is 17.7 Å². The summed E-state index contributed by atoms with van der Waals surface area (Å²) in [6.07, 6.45) is 1.20. The molecule has 34 heavy (non-hydrogen) atoms. The van der Waals surface area contributed by atoms with Crippen LogP contribution in [0.4, 0.5) is 0 Å². The SMILES string of the molecule is CC(C)C(NC(=O)C(N)Cc1c[nH]c2ccccc12)C(=O)NC(CC(=O)O)C(=O)NCC(=O)O. The number of aromatic amines is 1. The lowest BCUT2D eigenvalue weighted by atomic mass is 10.0. The van der Waals surface area contributed by atoms with E-state index in [1.807, 2.05) is 29.6 Å². The molecule has 12 nitrogen and oxygen atoms in total. The Morgan fingerprint density at radius 2 is 1.65 bits per heavy atom. The molecule has 0 aliphatic rings. The molecule has 1 aromatic carbocycles. The van der Waals surface area contributed by atoms with Gasteiger partial charge in [-0.2, -0.15) is 0 Å². The van der Waals surface area contributed by atoms with E-state index in [1.54, 1.807) is 20.0 Å². The first-order valence-corrected chi connectivity index (χ1v) is 10.6. The molecule has 0 saturated heterocycles. The predicted molar refractivity (Wildman–Crippen MR) is 122 cm³/mol. The van der Waals surface area contributed by atoms with Crippen molar-refractivity contribution in [3.8, 4) is 0 Å². The molecule has 3 amide bonds. The smallest absolute Gasteiger partial charge is 0.322 e. The number of fused-ring (bicyclic) bond motifs is 1. The van der Waals surface area contributed by atoms with E-state index in [4.69, 9.17) is 15.9 Å². The molecule has 0 spiro atoms. The highest BCUT2D eigenvalue weighted by Crippen LogP contribution is 2.19. The number of benzene rings is 1. The van der Waals surface area contributed by atoms with Crippen LogP contribution < -0.4 is 21.7 Å². The minimum Gasteiger partial charge on any atom is -0.481 e. The maximum atomic E-state index is 12.8. The Morgan fingerprint density at radius 1 is 0.971 bits per heavy atom. The highest BCUT2D eigenvalue weighted by atomic mass is 16.4. The molecule has 3 unspecified atom stereocenters. The van der Waals surface area contributed by atoms with E-state index < -0.39 is 66.7 Å². The van der Waals surface area contributed by atoms with E-state index in [9.17, 15) is 24.0 Å². The second kappa shape index (κ2) is 11.8. The number of para-hydroxylation sites is 1. The Labute approximate surface area is 195 Å². The summed E-state index contributed by atoms with van der Waals surface area (Å²) in [7, 11) is 0. The summed E-state index contributed by atoms with van der Waals surface area (Å²) in [6, 6.07) is 3.93. The monoisotopic (exact) mass is 475 g/mol. The number of amides is 3. The van der Waals surface area contributed by atoms with Crippen molar-refractivity contribution in [2.24, 2.45) is 11.7 Å². The summed E-state index contributed by atoms with van der Waals surface area (Å²) in [5.41, 5.74) is 7.81. The van der Waals surface area contributed by atoms with Crippen LogP contribution in [0.2, 0.25) is 0 Å². The average molecular weight is 476 g/mol. The van der Waals surface area contributed by atoms with Crippen LogP contribution in [0.15, 0.2) is 30.5 Å². The van der Waals surface area contributed by atoms with Gasteiger partial charge >= 0.3 is 11.9 Å². The van der Waals surface area contributed by atoms with Gasteiger partial charge in [0.05, 0.1) is 12.5 Å². The number of nitrogens with two attached hydrogens (primary N) is 1. The van der Waals surface area contributed by atoms with E-state index in [0.717, 1.165) is 16.5 Å². The summed E-state index contributed by atoms with van der Waals surface area (Å²) in [4.78, 5) is 62.6. The maximum absolute atomic E-state index is 12.8.